The van der Waals surface area contributed by atoms with Gasteiger partial charge in [-0.15, -0.1) is 0 Å². The van der Waals surface area contributed by atoms with Crippen molar-refractivity contribution in [3.63, 3.8) is 0 Å². The van der Waals surface area contributed by atoms with Gasteiger partial charge in [0, 0.05) is 16.6 Å². The predicted molar refractivity (Wildman–Crippen MR) is 109 cm³/mol. The molecule has 0 fully saturated rings. The fourth-order valence-electron chi connectivity index (χ4n) is 3.12. The van der Waals surface area contributed by atoms with E-state index in [1.807, 2.05) is 38.1 Å². The summed E-state index contributed by atoms with van der Waals surface area (Å²) in [4.78, 5) is 26.2. The van der Waals surface area contributed by atoms with Crippen molar-refractivity contribution in [1.82, 2.24) is 9.13 Å². The minimum absolute atomic E-state index is 0.130. The van der Waals surface area contributed by atoms with Crippen LogP contribution in [0.25, 0.3) is 10.9 Å². The van der Waals surface area contributed by atoms with Crippen molar-refractivity contribution < 1.29 is 9.47 Å². The van der Waals surface area contributed by atoms with Gasteiger partial charge in [0.2, 0.25) is 0 Å². The zero-order chi connectivity index (χ0) is 19.7. The fourth-order valence-corrected chi connectivity index (χ4v) is 3.38. The lowest BCUT2D eigenvalue weighted by atomic mass is 10.2. The molecule has 0 spiro atoms. The Morgan fingerprint density at radius 2 is 1.59 bits per heavy atom. The van der Waals surface area contributed by atoms with Crippen molar-refractivity contribution in [3.8, 4) is 11.5 Å². The van der Waals surface area contributed by atoms with Crippen LogP contribution < -0.4 is 20.7 Å². The van der Waals surface area contributed by atoms with E-state index in [4.69, 9.17) is 9.47 Å². The van der Waals surface area contributed by atoms with Crippen molar-refractivity contribution in [2.45, 2.75) is 26.4 Å². The molecule has 0 bridgehead atoms. The van der Waals surface area contributed by atoms with Gasteiger partial charge in [0.25, 0.3) is 5.56 Å². The van der Waals surface area contributed by atoms with E-state index in [0.717, 1.165) is 10.0 Å². The van der Waals surface area contributed by atoms with E-state index < -0.39 is 0 Å². The summed E-state index contributed by atoms with van der Waals surface area (Å²) in [5.41, 5.74) is 0.700. The van der Waals surface area contributed by atoms with Crippen LogP contribution in [0, 0.1) is 0 Å². The minimum Gasteiger partial charge on any atom is -0.493 e. The molecule has 0 aliphatic carbocycles. The summed E-state index contributed by atoms with van der Waals surface area (Å²) in [7, 11) is 3.04. The van der Waals surface area contributed by atoms with E-state index in [1.165, 1.54) is 18.8 Å². The molecule has 27 heavy (non-hydrogen) atoms. The van der Waals surface area contributed by atoms with Crippen LogP contribution in [0.1, 0.15) is 25.5 Å². The smallest absolute Gasteiger partial charge is 0.332 e. The predicted octanol–water partition coefficient (Wildman–Crippen LogP) is 3.57. The lowest BCUT2D eigenvalue weighted by molar-refractivity contribution is 0.355. The SMILES string of the molecule is COc1cc2c(=O)n(Cc3ccc(Br)cc3)c(=O)n(C(C)C)c2cc1OC. The largest absolute Gasteiger partial charge is 0.493 e. The minimum atomic E-state index is -0.351. The Balaban J connectivity index is 2.33. The summed E-state index contributed by atoms with van der Waals surface area (Å²) in [6.45, 7) is 4.01. The number of rotatable bonds is 5. The molecule has 0 saturated heterocycles. The standard InChI is InChI=1S/C20H21BrN2O4/c1-12(2)23-16-10-18(27-4)17(26-3)9-15(16)19(24)22(20(23)25)11-13-5-7-14(21)8-6-13/h5-10,12H,11H2,1-4H3. The van der Waals surface area contributed by atoms with Crippen LogP contribution in [0.5, 0.6) is 11.5 Å². The lowest BCUT2D eigenvalue weighted by Gasteiger charge is -2.18. The number of nitrogens with zero attached hydrogens (tertiary/aromatic N) is 2. The van der Waals surface area contributed by atoms with Gasteiger partial charge >= 0.3 is 5.69 Å². The number of ether oxygens (including phenoxy) is 2. The molecule has 3 rings (SSSR count). The maximum atomic E-state index is 13.1. The molecular formula is C20H21BrN2O4. The third-order valence-corrected chi connectivity index (χ3v) is 4.97. The van der Waals surface area contributed by atoms with Gasteiger partial charge in [-0.3, -0.25) is 13.9 Å². The van der Waals surface area contributed by atoms with Gasteiger partial charge < -0.3 is 9.47 Å². The van der Waals surface area contributed by atoms with E-state index in [1.54, 1.807) is 16.7 Å². The molecule has 0 amide bonds. The Labute approximate surface area is 165 Å². The topological polar surface area (TPSA) is 62.5 Å². The molecule has 3 aromatic rings. The van der Waals surface area contributed by atoms with Crippen LogP contribution in [-0.4, -0.2) is 23.4 Å². The van der Waals surface area contributed by atoms with Gasteiger partial charge in [0.1, 0.15) is 0 Å². The highest BCUT2D eigenvalue weighted by Gasteiger charge is 2.18. The third kappa shape index (κ3) is 3.51. The number of halogens is 1. The summed E-state index contributed by atoms with van der Waals surface area (Å²) in [6, 6.07) is 10.7. The summed E-state index contributed by atoms with van der Waals surface area (Å²) in [5.74, 6) is 0.926. The molecule has 6 nitrogen and oxygen atoms in total. The first kappa shape index (κ1) is 19.2. The zero-order valence-corrected chi connectivity index (χ0v) is 17.2. The van der Waals surface area contributed by atoms with E-state index >= 15 is 0 Å². The van der Waals surface area contributed by atoms with Gasteiger partial charge in [-0.1, -0.05) is 28.1 Å². The number of fused-ring (bicyclic) bond motifs is 1. The lowest BCUT2D eigenvalue weighted by Crippen LogP contribution is -2.41. The van der Waals surface area contributed by atoms with Crippen molar-refractivity contribution >= 4 is 26.8 Å². The Hall–Kier alpha value is -2.54. The molecular weight excluding hydrogens is 412 g/mol. The maximum absolute atomic E-state index is 13.1. The quantitative estimate of drug-likeness (QED) is 0.617. The molecule has 0 saturated carbocycles. The Morgan fingerprint density at radius 1 is 1.00 bits per heavy atom. The Kier molecular flexibility index (Phi) is 5.41. The van der Waals surface area contributed by atoms with Gasteiger partial charge in [-0.25, -0.2) is 4.79 Å². The van der Waals surface area contributed by atoms with Crippen LogP contribution in [-0.2, 0) is 6.54 Å². The van der Waals surface area contributed by atoms with Crippen molar-refractivity contribution in [3.05, 3.63) is 67.3 Å². The number of methoxy groups -OCH3 is 2. The third-order valence-electron chi connectivity index (χ3n) is 4.44. The van der Waals surface area contributed by atoms with E-state index in [9.17, 15) is 9.59 Å². The normalized spacial score (nSPS) is 11.2. The molecule has 0 N–H and O–H groups in total. The highest BCUT2D eigenvalue weighted by molar-refractivity contribution is 9.10. The summed E-state index contributed by atoms with van der Waals surface area (Å²) < 4.78 is 14.5. The molecule has 1 heterocycles. The Bertz CT molecular complexity index is 1100. The van der Waals surface area contributed by atoms with E-state index in [-0.39, 0.29) is 23.8 Å². The van der Waals surface area contributed by atoms with Gasteiger partial charge in [0.05, 0.1) is 31.7 Å². The molecule has 2 aromatic carbocycles. The van der Waals surface area contributed by atoms with Crippen molar-refractivity contribution in [2.75, 3.05) is 14.2 Å². The highest BCUT2D eigenvalue weighted by atomic mass is 79.9. The summed E-state index contributed by atoms with van der Waals surface area (Å²) in [5, 5.41) is 0.415. The first-order valence-corrected chi connectivity index (χ1v) is 9.32. The molecule has 0 aliphatic rings. The van der Waals surface area contributed by atoms with Crippen LogP contribution in [0.2, 0.25) is 0 Å². The van der Waals surface area contributed by atoms with Crippen LogP contribution in [0.3, 0.4) is 0 Å². The Morgan fingerprint density at radius 3 is 2.15 bits per heavy atom. The first-order valence-electron chi connectivity index (χ1n) is 8.53. The first-order chi connectivity index (χ1) is 12.9. The van der Waals surface area contributed by atoms with E-state index in [0.29, 0.717) is 22.4 Å². The maximum Gasteiger partial charge on any atom is 0.332 e. The second-order valence-corrected chi connectivity index (χ2v) is 7.40. The molecule has 0 unspecified atom stereocenters. The van der Waals surface area contributed by atoms with Crippen LogP contribution in [0.4, 0.5) is 0 Å². The molecule has 0 atom stereocenters. The van der Waals surface area contributed by atoms with Gasteiger partial charge in [-0.05, 0) is 37.6 Å². The number of hydrogen-bond donors (Lipinski definition) is 0. The average Bonchev–Trinajstić information content (AvgIpc) is 2.65. The highest BCUT2D eigenvalue weighted by Crippen LogP contribution is 2.31. The summed E-state index contributed by atoms with van der Waals surface area (Å²) >= 11 is 3.39. The number of aromatic nitrogens is 2. The second-order valence-electron chi connectivity index (χ2n) is 6.49. The van der Waals surface area contributed by atoms with E-state index in [2.05, 4.69) is 15.9 Å². The summed E-state index contributed by atoms with van der Waals surface area (Å²) in [6.07, 6.45) is 0. The van der Waals surface area contributed by atoms with Crippen LogP contribution >= 0.6 is 15.9 Å². The molecule has 0 aliphatic heterocycles. The van der Waals surface area contributed by atoms with Gasteiger partial charge in [0.15, 0.2) is 11.5 Å². The second kappa shape index (κ2) is 7.60. The molecule has 7 heteroatoms. The van der Waals surface area contributed by atoms with Crippen LogP contribution in [0.15, 0.2) is 50.5 Å². The number of benzene rings is 2. The molecule has 142 valence electrons. The van der Waals surface area contributed by atoms with Crippen molar-refractivity contribution in [1.29, 1.82) is 0 Å². The fraction of sp³-hybridized carbons (Fsp3) is 0.300. The van der Waals surface area contributed by atoms with Gasteiger partial charge in [-0.2, -0.15) is 0 Å². The van der Waals surface area contributed by atoms with Crippen molar-refractivity contribution in [2.24, 2.45) is 0 Å². The monoisotopic (exact) mass is 432 g/mol. The zero-order valence-electron chi connectivity index (χ0n) is 15.7. The molecule has 0 radical (unpaired) electrons. The molecule has 1 aromatic heterocycles. The number of hydrogen-bond acceptors (Lipinski definition) is 4. The average molecular weight is 433 g/mol.